The number of nitrogens with one attached hydrogen (secondary N) is 3. The number of rotatable bonds is 18. The largest absolute Gasteiger partial charge is 0.460 e. The van der Waals surface area contributed by atoms with Gasteiger partial charge < -0.3 is 69.2 Å². The fourth-order valence-electron chi connectivity index (χ4n) is 9.57. The van der Waals surface area contributed by atoms with Crippen molar-refractivity contribution in [1.82, 2.24) is 19.8 Å². The summed E-state index contributed by atoms with van der Waals surface area (Å²) in [4.78, 5) is 96.3. The number of carbonyl (C=O) groups excluding carboxylic acids is 6. The van der Waals surface area contributed by atoms with Crippen LogP contribution < -0.4 is 35.7 Å². The van der Waals surface area contributed by atoms with Crippen molar-refractivity contribution in [1.29, 1.82) is 0 Å². The fourth-order valence-corrected chi connectivity index (χ4v) is 9.57. The molecule has 2 aromatic carbocycles. The number of aryl methyl sites for hydroxylation is 1. The molecule has 4 aromatic rings. The second-order valence-electron chi connectivity index (χ2n) is 18.3. The van der Waals surface area contributed by atoms with Gasteiger partial charge in [0.2, 0.25) is 24.9 Å². The van der Waals surface area contributed by atoms with Crippen molar-refractivity contribution in [2.75, 3.05) is 37.1 Å². The molecule has 0 spiro atoms. The summed E-state index contributed by atoms with van der Waals surface area (Å²) in [6.07, 6.45) is -4.49. The van der Waals surface area contributed by atoms with Gasteiger partial charge in [0, 0.05) is 60.7 Å². The quantitative estimate of drug-likeness (QED) is 0.0348. The number of pyridine rings is 2. The lowest BCUT2D eigenvalue weighted by Crippen LogP contribution is -2.60. The van der Waals surface area contributed by atoms with Crippen LogP contribution >= 0.6 is 0 Å². The predicted molar refractivity (Wildman–Crippen MR) is 255 cm³/mol. The molecule has 0 aliphatic carbocycles. The highest BCUT2D eigenvalue weighted by Gasteiger charge is 2.47. The first-order valence-electron chi connectivity index (χ1n) is 24.1. The van der Waals surface area contributed by atoms with E-state index in [2.05, 4.69) is 22.9 Å². The molecule has 392 valence electrons. The topological polar surface area (TPSA) is 333 Å². The van der Waals surface area contributed by atoms with E-state index in [-0.39, 0.29) is 92.0 Å². The number of anilines is 2. The van der Waals surface area contributed by atoms with E-state index in [0.717, 1.165) is 41.9 Å². The van der Waals surface area contributed by atoms with E-state index in [4.69, 9.17) is 33.4 Å². The molecule has 5 aliphatic heterocycles. The molecule has 1 saturated heterocycles. The highest BCUT2D eigenvalue weighted by atomic mass is 16.7. The van der Waals surface area contributed by atoms with E-state index in [0.29, 0.717) is 39.8 Å². The van der Waals surface area contributed by atoms with E-state index in [1.54, 1.807) is 19.1 Å². The number of ether oxygens (including phenoxy) is 6. The van der Waals surface area contributed by atoms with Crippen molar-refractivity contribution in [3.63, 3.8) is 0 Å². The highest BCUT2D eigenvalue weighted by Crippen LogP contribution is 2.49. The van der Waals surface area contributed by atoms with Crippen LogP contribution in [-0.2, 0) is 70.0 Å². The number of unbranched alkanes of at least 4 members (excludes halogenated alkanes) is 2. The molecular weight excluding hydrogens is 973 g/mol. The van der Waals surface area contributed by atoms with Crippen LogP contribution in [0.5, 0.6) is 17.2 Å². The van der Waals surface area contributed by atoms with Crippen molar-refractivity contribution in [2.45, 2.75) is 115 Å². The maximum atomic E-state index is 14.1. The number of hydrogen-bond acceptors (Lipinski definition) is 19. The predicted octanol–water partition coefficient (Wildman–Crippen LogP) is 1.23. The van der Waals surface area contributed by atoms with E-state index in [9.17, 15) is 59.1 Å². The van der Waals surface area contributed by atoms with E-state index in [1.165, 1.54) is 22.8 Å². The molecule has 74 heavy (non-hydrogen) atoms. The molecule has 0 saturated carbocycles. The maximum absolute atomic E-state index is 14.1. The maximum Gasteiger partial charge on any atom is 0.412 e. The first-order valence-corrected chi connectivity index (χ1v) is 24.1. The number of amides is 5. The normalized spacial score (nSPS) is 22.3. The number of imide groups is 1. The van der Waals surface area contributed by atoms with Crippen LogP contribution in [0, 0.1) is 0 Å². The molecule has 2 aromatic heterocycles. The van der Waals surface area contributed by atoms with E-state index in [1.807, 2.05) is 0 Å². The van der Waals surface area contributed by atoms with Gasteiger partial charge in [-0.2, -0.15) is 0 Å². The molecule has 6 atom stereocenters. The summed E-state index contributed by atoms with van der Waals surface area (Å²) in [6, 6.07) is 7.53. The van der Waals surface area contributed by atoms with Gasteiger partial charge in [-0.15, -0.1) is 0 Å². The number of fused-ring (bicyclic) bond motifs is 6. The minimum atomic E-state index is -2.03. The summed E-state index contributed by atoms with van der Waals surface area (Å²) in [5.41, 5.74) is 1.07. The van der Waals surface area contributed by atoms with Gasteiger partial charge in [0.1, 0.15) is 49.1 Å². The lowest BCUT2D eigenvalue weighted by atomic mass is 9.86. The Hall–Kier alpha value is -7.48. The molecule has 1 fully saturated rings. The summed E-state index contributed by atoms with van der Waals surface area (Å²) in [7, 11) is 0. The summed E-state index contributed by atoms with van der Waals surface area (Å²) in [5, 5.41) is 61.2. The van der Waals surface area contributed by atoms with Crippen molar-refractivity contribution in [3.05, 3.63) is 80.7 Å². The van der Waals surface area contributed by atoms with Crippen LogP contribution in [-0.4, -0.2) is 133 Å². The van der Waals surface area contributed by atoms with Crippen LogP contribution in [0.1, 0.15) is 80.2 Å². The average molecular weight is 1030 g/mol. The number of hydrogen-bond donors (Lipinski definition) is 8. The average Bonchev–Trinajstić information content (AvgIpc) is 4.11. The number of aliphatic hydroxyl groups is 5. The minimum absolute atomic E-state index is 0.0288. The second-order valence-corrected chi connectivity index (χ2v) is 18.3. The third-order valence-corrected chi connectivity index (χ3v) is 13.6. The Morgan fingerprint density at radius 3 is 2.43 bits per heavy atom. The zero-order chi connectivity index (χ0) is 52.6. The monoisotopic (exact) mass is 1030 g/mol. The van der Waals surface area contributed by atoms with Gasteiger partial charge in [0.15, 0.2) is 17.1 Å². The van der Waals surface area contributed by atoms with Crippen LogP contribution in [0.4, 0.5) is 16.2 Å². The van der Waals surface area contributed by atoms with Gasteiger partial charge in [-0.25, -0.2) is 14.6 Å². The van der Waals surface area contributed by atoms with Crippen molar-refractivity contribution in [2.24, 2.45) is 0 Å². The van der Waals surface area contributed by atoms with E-state index < -0.39 is 90.8 Å². The lowest BCUT2D eigenvalue weighted by molar-refractivity contribution is -0.277. The number of aromatic nitrogens is 2. The Kier molecular flexibility index (Phi) is 14.7. The third-order valence-electron chi connectivity index (χ3n) is 13.6. The molecule has 5 amide bonds. The van der Waals surface area contributed by atoms with Gasteiger partial charge >= 0.3 is 12.1 Å². The Labute approximate surface area is 420 Å². The third kappa shape index (κ3) is 9.74. The summed E-state index contributed by atoms with van der Waals surface area (Å²) >= 11 is 0. The summed E-state index contributed by atoms with van der Waals surface area (Å²) in [6.45, 7) is 1.87. The number of benzene rings is 2. The van der Waals surface area contributed by atoms with Crippen molar-refractivity contribution < 1.29 is 82.7 Å². The zero-order valence-corrected chi connectivity index (χ0v) is 40.2. The van der Waals surface area contributed by atoms with Crippen LogP contribution in [0.3, 0.4) is 0 Å². The molecular formula is C50H54N6O18. The molecule has 0 unspecified atom stereocenters. The molecule has 0 bridgehead atoms. The number of nitrogens with zero attached hydrogens (tertiary/aromatic N) is 3. The number of aliphatic hydroxyl groups excluding tert-OH is 4. The molecule has 24 heteroatoms. The Morgan fingerprint density at radius 1 is 0.905 bits per heavy atom. The van der Waals surface area contributed by atoms with Crippen LogP contribution in [0.25, 0.3) is 22.3 Å². The lowest BCUT2D eigenvalue weighted by Gasteiger charge is -2.39. The Bertz CT molecular complexity index is 3030. The number of carbonyl (C=O) groups is 6. The molecule has 8 N–H and O–H groups in total. The zero-order valence-electron chi connectivity index (χ0n) is 40.2. The molecule has 5 aliphatic rings. The summed E-state index contributed by atoms with van der Waals surface area (Å²) < 4.78 is 35.6. The highest BCUT2D eigenvalue weighted by molar-refractivity contribution is 6.13. The molecule has 24 nitrogen and oxygen atoms in total. The number of cyclic esters (lactones) is 1. The standard InChI is InChI=1S/C50H54N6O18/c1-3-5-6-7-25-26-19-56-31(17-28-27(46(56)65)22-69-48(66)50(28,68)4-2)40(26)53-30-18-33-45(72-23-71-33)41(39(25)30)54-49(67)70-21-24-8-9-32(73-47-44(64)43(63)42(62)34(20-57)74-47)29(16-24)52-36(59)12-14-51-35(58)13-15-55-37(60)10-11-38(55)61/h8-11,16-18,34,42-44,47,57,62-64,68H,3-7,12-15,19-23H2,1-2H3,(H,51,58)(H,52,59)(H,54,67)/t34-,42-,43+,44+,47+,50+/m1/s1. The van der Waals surface area contributed by atoms with Gasteiger partial charge in [-0.3, -0.25) is 34.2 Å². The number of esters is 1. The first kappa shape index (κ1) is 51.4. The Balaban J connectivity index is 0.967. The fraction of sp³-hybridized carbons (Fsp3) is 0.440. The van der Waals surface area contributed by atoms with Crippen LogP contribution in [0.15, 0.2) is 47.3 Å². The Morgan fingerprint density at radius 2 is 1.69 bits per heavy atom. The molecule has 0 radical (unpaired) electrons. The van der Waals surface area contributed by atoms with Gasteiger partial charge in [-0.1, -0.05) is 32.8 Å². The second kappa shape index (κ2) is 21.2. The van der Waals surface area contributed by atoms with E-state index >= 15 is 0 Å². The SMILES string of the molecule is CCCCCc1c2c(nc3cc4c(c(NC(=O)OCc5ccc(O[C@H]6O[C@H](CO)[C@@H](O)[C@H](O)[C@@H]6O)c(NC(=O)CCNC(=O)CCN6C(=O)C=CC6=O)c5)c13)OCO4)-c1cc3c(c(=O)n1C2)COC(=O)[C@]3(O)CC. The van der Waals surface area contributed by atoms with Gasteiger partial charge in [0.25, 0.3) is 17.4 Å². The first-order chi connectivity index (χ1) is 35.5. The van der Waals surface area contributed by atoms with Crippen molar-refractivity contribution in [3.8, 4) is 28.6 Å². The van der Waals surface area contributed by atoms with Crippen molar-refractivity contribution >= 4 is 58.0 Å². The smallest absolute Gasteiger partial charge is 0.412 e. The van der Waals surface area contributed by atoms with Crippen LogP contribution in [0.2, 0.25) is 0 Å². The van der Waals surface area contributed by atoms with Gasteiger partial charge in [-0.05, 0) is 48.6 Å². The van der Waals surface area contributed by atoms with Gasteiger partial charge in [0.05, 0.1) is 41.3 Å². The summed E-state index contributed by atoms with van der Waals surface area (Å²) in [5.74, 6) is -2.73. The minimum Gasteiger partial charge on any atom is -0.460 e. The molecule has 7 heterocycles. The molecule has 9 rings (SSSR count).